The van der Waals surface area contributed by atoms with Crippen LogP contribution in [0.25, 0.3) is 5.69 Å². The number of rotatable bonds is 5. The number of nitrogens with zero attached hydrogens (tertiary/aromatic N) is 2. The molecule has 2 N–H and O–H groups in total. The van der Waals surface area contributed by atoms with E-state index in [-0.39, 0.29) is 0 Å². The van der Waals surface area contributed by atoms with Crippen molar-refractivity contribution in [2.75, 3.05) is 12.4 Å². The molecule has 2 amide bonds. The molecule has 0 aliphatic carbocycles. The minimum absolute atomic E-state index is 0.336. The van der Waals surface area contributed by atoms with E-state index in [0.717, 1.165) is 22.6 Å². The Labute approximate surface area is 192 Å². The van der Waals surface area contributed by atoms with E-state index in [0.29, 0.717) is 11.3 Å². The van der Waals surface area contributed by atoms with Crippen LogP contribution in [0.2, 0.25) is 0 Å². The van der Waals surface area contributed by atoms with Crippen molar-refractivity contribution in [3.8, 4) is 5.69 Å². The number of hydrogen-bond donors (Lipinski definition) is 2. The Hall–Kier alpha value is -4.20. The molecule has 170 valence electrons. The number of ether oxygens (including phenoxy) is 1. The van der Waals surface area contributed by atoms with Gasteiger partial charge in [-0.05, 0) is 81.3 Å². The van der Waals surface area contributed by atoms with Crippen LogP contribution in [-0.4, -0.2) is 35.7 Å². The van der Waals surface area contributed by atoms with E-state index in [9.17, 15) is 14.4 Å². The molecule has 0 atom stereocenters. The van der Waals surface area contributed by atoms with E-state index < -0.39 is 17.8 Å². The predicted octanol–water partition coefficient (Wildman–Crippen LogP) is 3.59. The van der Waals surface area contributed by atoms with Gasteiger partial charge in [-0.3, -0.25) is 9.59 Å². The summed E-state index contributed by atoms with van der Waals surface area (Å²) in [5, 5.41) is 6.39. The summed E-state index contributed by atoms with van der Waals surface area (Å²) >= 11 is 0. The number of esters is 1. The third kappa shape index (κ3) is 5.54. The molecule has 8 heteroatoms. The second-order valence-corrected chi connectivity index (χ2v) is 7.73. The number of hydrazone groups is 1. The fourth-order valence-electron chi connectivity index (χ4n) is 3.60. The van der Waals surface area contributed by atoms with Gasteiger partial charge in [0.15, 0.2) is 0 Å². The number of carbonyl (C=O) groups is 3. The Morgan fingerprint density at radius 3 is 2.15 bits per heavy atom. The Balaban J connectivity index is 1.65. The van der Waals surface area contributed by atoms with Crippen molar-refractivity contribution in [2.45, 2.75) is 27.7 Å². The summed E-state index contributed by atoms with van der Waals surface area (Å²) in [4.78, 5) is 35.7. The van der Waals surface area contributed by atoms with Gasteiger partial charge in [0.1, 0.15) is 0 Å². The van der Waals surface area contributed by atoms with Crippen LogP contribution >= 0.6 is 0 Å². The van der Waals surface area contributed by atoms with Gasteiger partial charge < -0.3 is 14.6 Å². The quantitative estimate of drug-likeness (QED) is 0.271. The normalized spacial score (nSPS) is 10.8. The van der Waals surface area contributed by atoms with Crippen LogP contribution in [0, 0.1) is 27.7 Å². The molecule has 8 nitrogen and oxygen atoms in total. The second kappa shape index (κ2) is 9.95. The third-order valence-corrected chi connectivity index (χ3v) is 5.07. The van der Waals surface area contributed by atoms with Crippen molar-refractivity contribution >= 4 is 29.7 Å². The van der Waals surface area contributed by atoms with E-state index >= 15 is 0 Å². The van der Waals surface area contributed by atoms with Crippen LogP contribution in [0.15, 0.2) is 53.6 Å². The second-order valence-electron chi connectivity index (χ2n) is 7.73. The molecule has 0 radical (unpaired) electrons. The predicted molar refractivity (Wildman–Crippen MR) is 127 cm³/mol. The largest absolute Gasteiger partial charge is 0.465 e. The van der Waals surface area contributed by atoms with Crippen molar-refractivity contribution in [2.24, 2.45) is 5.10 Å². The molecule has 0 bridgehead atoms. The number of anilines is 1. The van der Waals surface area contributed by atoms with Crippen LogP contribution in [0.1, 0.15) is 38.4 Å². The van der Waals surface area contributed by atoms with Gasteiger partial charge in [-0.2, -0.15) is 5.10 Å². The molecule has 1 aromatic heterocycles. The standard InChI is InChI=1S/C25H26N4O4/c1-15-10-16(2)12-22(11-15)29-17(3)13-20(18(29)4)14-26-28-24(31)23(30)27-21-8-6-19(7-9-21)25(32)33-5/h6-14H,1-5H3,(H,27,30)(H,28,31)/b26-14+. The summed E-state index contributed by atoms with van der Waals surface area (Å²) < 4.78 is 6.74. The van der Waals surface area contributed by atoms with Crippen LogP contribution in [0.5, 0.6) is 0 Å². The van der Waals surface area contributed by atoms with Crippen molar-refractivity contribution in [3.63, 3.8) is 0 Å². The first-order valence-corrected chi connectivity index (χ1v) is 10.3. The van der Waals surface area contributed by atoms with E-state index in [1.807, 2.05) is 19.9 Å². The van der Waals surface area contributed by atoms with E-state index in [4.69, 9.17) is 0 Å². The molecule has 2 aromatic carbocycles. The Morgan fingerprint density at radius 1 is 0.909 bits per heavy atom. The van der Waals surface area contributed by atoms with Gasteiger partial charge in [-0.1, -0.05) is 6.07 Å². The van der Waals surface area contributed by atoms with Gasteiger partial charge in [0.2, 0.25) is 0 Å². The van der Waals surface area contributed by atoms with Crippen molar-refractivity contribution in [1.29, 1.82) is 0 Å². The Bertz CT molecular complexity index is 1220. The summed E-state index contributed by atoms with van der Waals surface area (Å²) in [6.45, 7) is 8.08. The monoisotopic (exact) mass is 446 g/mol. The third-order valence-electron chi connectivity index (χ3n) is 5.07. The number of methoxy groups -OCH3 is 1. The smallest absolute Gasteiger partial charge is 0.337 e. The number of aryl methyl sites for hydroxylation is 3. The molecule has 0 fully saturated rings. The Morgan fingerprint density at radius 2 is 1.55 bits per heavy atom. The molecular formula is C25H26N4O4. The highest BCUT2D eigenvalue weighted by molar-refractivity contribution is 6.39. The number of hydrogen-bond acceptors (Lipinski definition) is 5. The van der Waals surface area contributed by atoms with E-state index in [1.54, 1.807) is 0 Å². The zero-order chi connectivity index (χ0) is 24.1. The highest BCUT2D eigenvalue weighted by atomic mass is 16.5. The summed E-state index contributed by atoms with van der Waals surface area (Å²) in [6.07, 6.45) is 1.51. The number of amides is 2. The van der Waals surface area contributed by atoms with Crippen LogP contribution in [-0.2, 0) is 14.3 Å². The first kappa shape index (κ1) is 23.5. The average molecular weight is 447 g/mol. The molecule has 3 rings (SSSR count). The van der Waals surface area contributed by atoms with Gasteiger partial charge in [-0.15, -0.1) is 0 Å². The lowest BCUT2D eigenvalue weighted by Crippen LogP contribution is -2.32. The SMILES string of the molecule is COC(=O)c1ccc(NC(=O)C(=O)N/N=C/c2cc(C)n(-c3cc(C)cc(C)c3)c2C)cc1. The number of carbonyl (C=O) groups excluding carboxylic acids is 3. The molecular weight excluding hydrogens is 420 g/mol. The maximum absolute atomic E-state index is 12.1. The summed E-state index contributed by atoms with van der Waals surface area (Å²) in [7, 11) is 1.28. The molecule has 0 spiro atoms. The van der Waals surface area contributed by atoms with Crippen LogP contribution in [0.3, 0.4) is 0 Å². The molecule has 0 aliphatic rings. The van der Waals surface area contributed by atoms with E-state index in [2.05, 4.69) is 57.2 Å². The Kier molecular flexibility index (Phi) is 7.07. The number of aromatic nitrogens is 1. The number of benzene rings is 2. The molecule has 0 unspecified atom stereocenters. The fraction of sp³-hybridized carbons (Fsp3) is 0.200. The minimum Gasteiger partial charge on any atom is -0.465 e. The van der Waals surface area contributed by atoms with Gasteiger partial charge in [0, 0.05) is 28.3 Å². The van der Waals surface area contributed by atoms with Gasteiger partial charge in [0.25, 0.3) is 0 Å². The topological polar surface area (TPSA) is 102 Å². The van der Waals surface area contributed by atoms with Gasteiger partial charge in [0.05, 0.1) is 18.9 Å². The summed E-state index contributed by atoms with van der Waals surface area (Å²) in [5.41, 5.74) is 9.16. The maximum atomic E-state index is 12.1. The highest BCUT2D eigenvalue weighted by Crippen LogP contribution is 2.22. The van der Waals surface area contributed by atoms with E-state index in [1.165, 1.54) is 48.7 Å². The zero-order valence-corrected chi connectivity index (χ0v) is 19.2. The highest BCUT2D eigenvalue weighted by Gasteiger charge is 2.14. The lowest BCUT2D eigenvalue weighted by Gasteiger charge is -2.11. The molecule has 1 heterocycles. The fourth-order valence-corrected chi connectivity index (χ4v) is 3.60. The molecule has 3 aromatic rings. The zero-order valence-electron chi connectivity index (χ0n) is 19.2. The van der Waals surface area contributed by atoms with Crippen molar-refractivity contribution < 1.29 is 19.1 Å². The number of nitrogens with one attached hydrogen (secondary N) is 2. The van der Waals surface area contributed by atoms with Crippen molar-refractivity contribution in [1.82, 2.24) is 9.99 Å². The minimum atomic E-state index is -0.911. The average Bonchev–Trinajstić information content (AvgIpc) is 3.05. The van der Waals surface area contributed by atoms with Gasteiger partial charge in [-0.25, -0.2) is 10.2 Å². The lowest BCUT2D eigenvalue weighted by atomic mass is 10.1. The molecule has 0 aliphatic heterocycles. The summed E-state index contributed by atoms with van der Waals surface area (Å²) in [6, 6.07) is 14.3. The summed E-state index contributed by atoms with van der Waals surface area (Å²) in [5.74, 6) is -2.28. The van der Waals surface area contributed by atoms with Crippen LogP contribution in [0.4, 0.5) is 5.69 Å². The van der Waals surface area contributed by atoms with Gasteiger partial charge >= 0.3 is 17.8 Å². The molecule has 33 heavy (non-hydrogen) atoms. The first-order chi connectivity index (χ1) is 15.7. The van der Waals surface area contributed by atoms with Crippen LogP contribution < -0.4 is 10.7 Å². The van der Waals surface area contributed by atoms with Crippen molar-refractivity contribution in [3.05, 3.63) is 82.2 Å². The molecule has 0 saturated carbocycles. The first-order valence-electron chi connectivity index (χ1n) is 10.3. The lowest BCUT2D eigenvalue weighted by molar-refractivity contribution is -0.136. The maximum Gasteiger partial charge on any atom is 0.337 e. The molecule has 0 saturated heterocycles.